The molecule has 4 aromatic carbocycles. The van der Waals surface area contributed by atoms with Crippen molar-refractivity contribution in [1.82, 2.24) is 4.31 Å². The molecule has 3 N–H and O–H groups in total. The van der Waals surface area contributed by atoms with Crippen molar-refractivity contribution >= 4 is 33.6 Å². The normalized spacial score (nSPS) is 22.6. The summed E-state index contributed by atoms with van der Waals surface area (Å²) < 4.78 is 57.2. The van der Waals surface area contributed by atoms with Crippen molar-refractivity contribution in [2.24, 2.45) is 22.9 Å². The van der Waals surface area contributed by atoms with E-state index in [9.17, 15) is 28.2 Å². The number of sulfonamides is 1. The summed E-state index contributed by atoms with van der Waals surface area (Å²) in [5.74, 6) is -1.28. The number of methoxy groups -OCH3 is 1. The molecule has 4 aromatic rings. The Bertz CT molecular complexity index is 2510. The van der Waals surface area contributed by atoms with Crippen LogP contribution in [-0.4, -0.2) is 86.6 Å². The first-order chi connectivity index (χ1) is 32.0. The average Bonchev–Trinajstić information content (AvgIpc) is 3.32. The Balaban J connectivity index is 1.43. The van der Waals surface area contributed by atoms with Gasteiger partial charge in [0.2, 0.25) is 21.7 Å². The van der Waals surface area contributed by atoms with E-state index in [1.165, 1.54) is 37.5 Å². The van der Waals surface area contributed by atoms with Gasteiger partial charge in [-0.25, -0.2) is 8.42 Å². The molecule has 3 aliphatic rings. The SMILES string of the molecule is C=CCOC12Oc3ccc(Oc4ccc(OC)c(C=O)c4)cc3C3C(CCCCO)C(CCCCO)C=C(C(=NOCc4ccccc4)CC1N(C)S(=O)(=O)c1ccc(NC(C)=O)cc1)C32. The second-order valence-corrected chi connectivity index (χ2v) is 18.9. The molecule has 6 atom stereocenters. The van der Waals surface area contributed by atoms with Crippen molar-refractivity contribution in [2.75, 3.05) is 39.3 Å². The van der Waals surface area contributed by atoms with E-state index in [1.807, 2.05) is 42.5 Å². The summed E-state index contributed by atoms with van der Waals surface area (Å²) in [6.45, 7) is 5.62. The number of likely N-dealkylation sites (N-methyl/N-ethyl adjacent to an activating group) is 1. The lowest BCUT2D eigenvalue weighted by molar-refractivity contribution is -0.250. The van der Waals surface area contributed by atoms with Crippen molar-refractivity contribution in [1.29, 1.82) is 0 Å². The summed E-state index contributed by atoms with van der Waals surface area (Å²) in [6, 6.07) is 25.1. The number of aliphatic hydroxyl groups is 2. The van der Waals surface area contributed by atoms with Crippen LogP contribution in [0.4, 0.5) is 5.69 Å². The number of aldehydes is 1. The quantitative estimate of drug-likeness (QED) is 0.0298. The largest absolute Gasteiger partial charge is 0.496 e. The number of carbonyl (C=O) groups excluding carboxylic acids is 2. The van der Waals surface area contributed by atoms with E-state index in [0.29, 0.717) is 71.9 Å². The summed E-state index contributed by atoms with van der Waals surface area (Å²) in [5.41, 5.74) is 3.86. The van der Waals surface area contributed by atoms with Crippen LogP contribution >= 0.6 is 0 Å². The van der Waals surface area contributed by atoms with E-state index < -0.39 is 27.8 Å². The van der Waals surface area contributed by atoms with Gasteiger partial charge < -0.3 is 39.3 Å². The number of hydrogen-bond acceptors (Lipinski definition) is 12. The lowest BCUT2D eigenvalue weighted by Gasteiger charge is -2.59. The van der Waals surface area contributed by atoms with Gasteiger partial charge in [-0.3, -0.25) is 9.59 Å². The number of hydrogen-bond donors (Lipinski definition) is 3. The first-order valence-electron chi connectivity index (χ1n) is 22.4. The molecule has 0 radical (unpaired) electrons. The Morgan fingerprint density at radius 2 is 1.68 bits per heavy atom. The molecule has 1 saturated carbocycles. The predicted octanol–water partition coefficient (Wildman–Crippen LogP) is 8.41. The highest BCUT2D eigenvalue weighted by Gasteiger charge is 2.65. The minimum atomic E-state index is -4.28. The molecule has 1 heterocycles. The van der Waals surface area contributed by atoms with Gasteiger partial charge in [0.05, 0.1) is 41.8 Å². The molecular weight excluding hydrogens is 863 g/mol. The predicted molar refractivity (Wildman–Crippen MR) is 250 cm³/mol. The minimum absolute atomic E-state index is 0.00146. The van der Waals surface area contributed by atoms with Crippen molar-refractivity contribution in [3.8, 4) is 23.0 Å². The van der Waals surface area contributed by atoms with Gasteiger partial charge in [0.25, 0.3) is 0 Å². The number of unbranched alkanes of at least 4 members (excludes halogenated alkanes) is 2. The van der Waals surface area contributed by atoms with Crippen LogP contribution in [0.3, 0.4) is 0 Å². The number of rotatable bonds is 22. The van der Waals surface area contributed by atoms with Gasteiger partial charge in [-0.1, -0.05) is 60.5 Å². The molecule has 2 aliphatic carbocycles. The number of aliphatic hydroxyl groups excluding tert-OH is 2. The Kier molecular flexibility index (Phi) is 15.8. The lowest BCUT2D eigenvalue weighted by Crippen LogP contribution is -2.69. The highest BCUT2D eigenvalue weighted by atomic mass is 32.2. The summed E-state index contributed by atoms with van der Waals surface area (Å²) >= 11 is 0. The van der Waals surface area contributed by atoms with Crippen LogP contribution in [0.5, 0.6) is 23.0 Å². The average molecular weight is 922 g/mol. The molecule has 7 rings (SSSR count). The molecule has 1 amide bonds. The van der Waals surface area contributed by atoms with Crippen LogP contribution in [0, 0.1) is 17.8 Å². The molecule has 6 unspecified atom stereocenters. The first-order valence-corrected chi connectivity index (χ1v) is 23.8. The van der Waals surface area contributed by atoms with Crippen molar-refractivity contribution < 1.29 is 52.0 Å². The number of nitrogens with one attached hydrogen (secondary N) is 1. The minimum Gasteiger partial charge on any atom is -0.496 e. The molecule has 1 fully saturated rings. The van der Waals surface area contributed by atoms with Crippen molar-refractivity contribution in [2.45, 2.75) is 81.1 Å². The number of fused-ring (bicyclic) bond motifs is 2. The van der Waals surface area contributed by atoms with Gasteiger partial charge in [0, 0.05) is 50.8 Å². The molecular formula is C51H59N3O11S. The lowest BCUT2D eigenvalue weighted by atomic mass is 9.55. The summed E-state index contributed by atoms with van der Waals surface area (Å²) in [7, 11) is -1.27. The van der Waals surface area contributed by atoms with E-state index in [2.05, 4.69) is 18.0 Å². The van der Waals surface area contributed by atoms with E-state index in [0.717, 1.165) is 29.5 Å². The summed E-state index contributed by atoms with van der Waals surface area (Å²) in [4.78, 5) is 29.9. The molecule has 15 heteroatoms. The molecule has 1 aliphatic heterocycles. The zero-order valence-corrected chi connectivity index (χ0v) is 38.5. The topological polar surface area (TPSA) is 183 Å². The third-order valence-corrected chi connectivity index (χ3v) is 14.6. The maximum Gasteiger partial charge on any atom is 0.243 e. The van der Waals surface area contributed by atoms with Crippen LogP contribution in [0.2, 0.25) is 0 Å². The van der Waals surface area contributed by atoms with Gasteiger partial charge in [0.15, 0.2) is 6.29 Å². The van der Waals surface area contributed by atoms with Crippen LogP contribution in [-0.2, 0) is 31.0 Å². The number of nitrogens with zero attached hydrogens (tertiary/aromatic N) is 2. The fraction of sp³-hybridized carbons (Fsp3) is 0.392. The fourth-order valence-corrected chi connectivity index (χ4v) is 11.1. The number of benzene rings is 4. The Morgan fingerprint density at radius 1 is 0.970 bits per heavy atom. The highest BCUT2D eigenvalue weighted by Crippen LogP contribution is 2.62. The number of amides is 1. The van der Waals surface area contributed by atoms with Gasteiger partial charge >= 0.3 is 0 Å². The van der Waals surface area contributed by atoms with Crippen LogP contribution in [0.1, 0.15) is 79.3 Å². The highest BCUT2D eigenvalue weighted by molar-refractivity contribution is 7.89. The maximum absolute atomic E-state index is 14.9. The van der Waals surface area contributed by atoms with Gasteiger partial charge in [-0.05, 0) is 109 Å². The zero-order chi connectivity index (χ0) is 46.8. The summed E-state index contributed by atoms with van der Waals surface area (Å²) in [6.07, 6.45) is 8.71. The molecule has 66 heavy (non-hydrogen) atoms. The summed E-state index contributed by atoms with van der Waals surface area (Å²) in [5, 5.41) is 27.5. The van der Waals surface area contributed by atoms with Crippen LogP contribution in [0.15, 0.2) is 125 Å². The van der Waals surface area contributed by atoms with Crippen molar-refractivity contribution in [3.63, 3.8) is 0 Å². The van der Waals surface area contributed by atoms with E-state index >= 15 is 0 Å². The Morgan fingerprint density at radius 3 is 2.36 bits per heavy atom. The van der Waals surface area contributed by atoms with Gasteiger partial charge in [-0.2, -0.15) is 4.31 Å². The second kappa shape index (κ2) is 21.6. The van der Waals surface area contributed by atoms with Crippen molar-refractivity contribution in [3.05, 3.63) is 132 Å². The third-order valence-electron chi connectivity index (χ3n) is 12.7. The molecule has 0 saturated heterocycles. The maximum atomic E-state index is 14.9. The number of anilines is 1. The number of ether oxygens (including phenoxy) is 4. The monoisotopic (exact) mass is 921 g/mol. The molecule has 0 spiro atoms. The first kappa shape index (κ1) is 48.1. The van der Waals surface area contributed by atoms with Crippen LogP contribution in [0.25, 0.3) is 0 Å². The van der Waals surface area contributed by atoms with E-state index in [1.54, 1.807) is 42.5 Å². The van der Waals surface area contributed by atoms with E-state index in [-0.39, 0.29) is 61.4 Å². The number of carbonyl (C=O) groups is 2. The Hall–Kier alpha value is -5.84. The smallest absolute Gasteiger partial charge is 0.243 e. The standard InChI is InChI=1S/C51H59N3O11S/c1-5-27-62-51-48(54(3)66(59,60)41-21-17-38(18-22-41)52-34(2)58)31-45(53-63-33-35-13-7-6-8-14-35)43-29-36(15-9-11-25-55)42(16-10-12-26-56)49(50(43)51)44-30-40(20-24-47(44)65-51)64-39-19-23-46(61-4)37(28-39)32-57/h5-8,13-14,17-24,28-30,32,36,42,48-50,55-56H,1,9-12,15-16,25-27,31,33H2,2-4H3,(H,52,58). The van der Waals surface area contributed by atoms with E-state index in [4.69, 9.17) is 28.9 Å². The second-order valence-electron chi connectivity index (χ2n) is 16.9. The Labute approximate surface area is 386 Å². The van der Waals surface area contributed by atoms with Crippen LogP contribution < -0.4 is 19.5 Å². The van der Waals surface area contributed by atoms with Gasteiger partial charge in [-0.15, -0.1) is 6.58 Å². The molecule has 14 nitrogen and oxygen atoms in total. The zero-order valence-electron chi connectivity index (χ0n) is 37.6. The number of allylic oxidation sites excluding steroid dienone is 1. The molecule has 0 aromatic heterocycles. The molecule has 350 valence electrons. The third kappa shape index (κ3) is 10.2. The fourth-order valence-electron chi connectivity index (χ4n) is 9.78. The molecule has 0 bridgehead atoms. The van der Waals surface area contributed by atoms with Gasteiger partial charge in [0.1, 0.15) is 29.6 Å². The number of oxime groups is 1.